The van der Waals surface area contributed by atoms with E-state index in [2.05, 4.69) is 17.3 Å². The monoisotopic (exact) mass is 211 g/mol. The Hall–Kier alpha value is -0.120. The quantitative estimate of drug-likeness (QED) is 0.710. The third-order valence-corrected chi connectivity index (χ3v) is 4.12. The van der Waals surface area contributed by atoms with E-state index in [1.54, 1.807) is 0 Å². The van der Waals surface area contributed by atoms with Crippen LogP contribution in [0.2, 0.25) is 0 Å². The maximum Gasteiger partial charge on any atom is 0.0224 e. The van der Waals surface area contributed by atoms with E-state index in [0.717, 1.165) is 5.92 Å². The zero-order chi connectivity index (χ0) is 10.7. The van der Waals surface area contributed by atoms with Gasteiger partial charge in [0.2, 0.25) is 0 Å². The van der Waals surface area contributed by atoms with Crippen LogP contribution in [0, 0.1) is 5.92 Å². The first-order chi connectivity index (χ1) is 7.27. The Bertz CT molecular complexity index is 181. The zero-order valence-corrected chi connectivity index (χ0v) is 9.91. The van der Waals surface area contributed by atoms with E-state index in [1.807, 2.05) is 0 Å². The summed E-state index contributed by atoms with van der Waals surface area (Å²) < 4.78 is 0. The van der Waals surface area contributed by atoms with Gasteiger partial charge in [-0.25, -0.2) is 0 Å². The predicted octanol–water partition coefficient (Wildman–Crippen LogP) is 0.798. The van der Waals surface area contributed by atoms with Gasteiger partial charge < -0.3 is 16.0 Å². The Kier molecular flexibility index (Phi) is 4.00. The fraction of sp³-hybridized carbons (Fsp3) is 1.00. The molecular weight excluding hydrogens is 186 g/mol. The van der Waals surface area contributed by atoms with Crippen LogP contribution < -0.4 is 11.1 Å². The normalized spacial score (nSPS) is 32.8. The number of hydrogen-bond acceptors (Lipinski definition) is 3. The van der Waals surface area contributed by atoms with Crippen molar-refractivity contribution >= 4 is 0 Å². The van der Waals surface area contributed by atoms with E-state index in [0.29, 0.717) is 12.1 Å². The molecule has 0 aromatic carbocycles. The Morgan fingerprint density at radius 3 is 2.53 bits per heavy atom. The second-order valence-electron chi connectivity index (χ2n) is 5.27. The van der Waals surface area contributed by atoms with Crippen molar-refractivity contribution < 1.29 is 0 Å². The van der Waals surface area contributed by atoms with Gasteiger partial charge in [0.1, 0.15) is 0 Å². The number of piperidine rings is 2. The summed E-state index contributed by atoms with van der Waals surface area (Å²) in [7, 11) is 2.21. The molecule has 0 radical (unpaired) electrons. The molecule has 0 saturated carbocycles. The number of nitrogens with two attached hydrogens (primary N) is 1. The number of nitrogens with one attached hydrogen (secondary N) is 1. The number of hydrogen-bond donors (Lipinski definition) is 2. The van der Waals surface area contributed by atoms with Gasteiger partial charge in [0.25, 0.3) is 0 Å². The minimum absolute atomic E-state index is 0.388. The fourth-order valence-corrected chi connectivity index (χ4v) is 2.95. The summed E-state index contributed by atoms with van der Waals surface area (Å²) in [5.41, 5.74) is 6.39. The molecule has 0 amide bonds. The summed E-state index contributed by atoms with van der Waals surface area (Å²) in [6.45, 7) is 3.63. The molecule has 0 spiro atoms. The van der Waals surface area contributed by atoms with Gasteiger partial charge in [-0.1, -0.05) is 6.42 Å². The van der Waals surface area contributed by atoms with Gasteiger partial charge in [0.15, 0.2) is 0 Å². The lowest BCUT2D eigenvalue weighted by atomic mass is 9.83. The van der Waals surface area contributed by atoms with Crippen molar-refractivity contribution in [1.29, 1.82) is 0 Å². The Morgan fingerprint density at radius 1 is 1.20 bits per heavy atom. The SMILES string of the molecule is CN1CCC(C(N)C2CCCCN2)CC1. The van der Waals surface area contributed by atoms with Crippen LogP contribution in [0.15, 0.2) is 0 Å². The molecule has 2 saturated heterocycles. The molecular formula is C12H25N3. The van der Waals surface area contributed by atoms with Gasteiger partial charge in [-0.15, -0.1) is 0 Å². The summed E-state index contributed by atoms with van der Waals surface area (Å²) in [4.78, 5) is 2.41. The molecule has 0 aromatic rings. The molecule has 0 bridgehead atoms. The topological polar surface area (TPSA) is 41.3 Å². The molecule has 2 heterocycles. The van der Waals surface area contributed by atoms with E-state index in [-0.39, 0.29) is 0 Å². The highest BCUT2D eigenvalue weighted by Gasteiger charge is 2.29. The maximum absolute atomic E-state index is 6.39. The lowest BCUT2D eigenvalue weighted by Gasteiger charge is -2.38. The summed E-state index contributed by atoms with van der Waals surface area (Å²) in [6.07, 6.45) is 6.55. The highest BCUT2D eigenvalue weighted by atomic mass is 15.1. The van der Waals surface area contributed by atoms with Crippen LogP contribution in [0.4, 0.5) is 0 Å². The number of nitrogens with zero attached hydrogens (tertiary/aromatic N) is 1. The maximum atomic E-state index is 6.39. The molecule has 15 heavy (non-hydrogen) atoms. The lowest BCUT2D eigenvalue weighted by Crippen LogP contribution is -2.53. The van der Waals surface area contributed by atoms with Gasteiger partial charge in [-0.2, -0.15) is 0 Å². The summed E-state index contributed by atoms with van der Waals surface area (Å²) in [5.74, 6) is 0.747. The average Bonchev–Trinajstić information content (AvgIpc) is 2.30. The van der Waals surface area contributed by atoms with Gasteiger partial charge >= 0.3 is 0 Å². The van der Waals surface area contributed by atoms with Crippen LogP contribution in [0.25, 0.3) is 0 Å². The van der Waals surface area contributed by atoms with Crippen molar-refractivity contribution in [3.63, 3.8) is 0 Å². The van der Waals surface area contributed by atoms with E-state index >= 15 is 0 Å². The molecule has 2 rings (SSSR count). The third-order valence-electron chi connectivity index (χ3n) is 4.12. The minimum atomic E-state index is 0.388. The van der Waals surface area contributed by atoms with Crippen molar-refractivity contribution in [1.82, 2.24) is 10.2 Å². The average molecular weight is 211 g/mol. The van der Waals surface area contributed by atoms with Gasteiger partial charge in [0, 0.05) is 12.1 Å². The zero-order valence-electron chi connectivity index (χ0n) is 9.91. The summed E-state index contributed by atoms with van der Waals surface area (Å²) in [5, 5.41) is 3.59. The molecule has 2 fully saturated rings. The molecule has 3 heteroatoms. The first kappa shape index (κ1) is 11.4. The van der Waals surface area contributed by atoms with Crippen LogP contribution in [-0.4, -0.2) is 43.7 Å². The number of likely N-dealkylation sites (tertiary alicyclic amines) is 1. The highest BCUT2D eigenvalue weighted by Crippen LogP contribution is 2.23. The summed E-state index contributed by atoms with van der Waals surface area (Å²) in [6, 6.07) is 0.978. The fourth-order valence-electron chi connectivity index (χ4n) is 2.95. The molecule has 88 valence electrons. The lowest BCUT2D eigenvalue weighted by molar-refractivity contribution is 0.173. The number of rotatable bonds is 2. The van der Waals surface area contributed by atoms with Crippen molar-refractivity contribution in [2.45, 2.75) is 44.2 Å². The van der Waals surface area contributed by atoms with Crippen LogP contribution >= 0.6 is 0 Å². The molecule has 3 N–H and O–H groups in total. The first-order valence-electron chi connectivity index (χ1n) is 6.45. The van der Waals surface area contributed by atoms with Crippen molar-refractivity contribution in [2.75, 3.05) is 26.7 Å². The van der Waals surface area contributed by atoms with Crippen LogP contribution in [0.1, 0.15) is 32.1 Å². The molecule has 2 atom stereocenters. The highest BCUT2D eigenvalue weighted by molar-refractivity contribution is 4.89. The second kappa shape index (κ2) is 5.28. The first-order valence-corrected chi connectivity index (χ1v) is 6.45. The van der Waals surface area contributed by atoms with Crippen molar-refractivity contribution in [3.05, 3.63) is 0 Å². The predicted molar refractivity (Wildman–Crippen MR) is 63.8 cm³/mol. The standard InChI is InChI=1S/C12H25N3/c1-15-8-5-10(6-9-15)12(13)11-4-2-3-7-14-11/h10-12,14H,2-9,13H2,1H3. The molecule has 0 aliphatic carbocycles. The van der Waals surface area contributed by atoms with Gasteiger partial charge in [-0.05, 0) is 58.3 Å². The molecule has 0 aromatic heterocycles. The summed E-state index contributed by atoms with van der Waals surface area (Å²) >= 11 is 0. The second-order valence-corrected chi connectivity index (χ2v) is 5.27. The molecule has 2 aliphatic rings. The van der Waals surface area contributed by atoms with Crippen molar-refractivity contribution in [3.8, 4) is 0 Å². The largest absolute Gasteiger partial charge is 0.326 e. The molecule has 3 nitrogen and oxygen atoms in total. The minimum Gasteiger partial charge on any atom is -0.326 e. The van der Waals surface area contributed by atoms with E-state index in [4.69, 9.17) is 5.73 Å². The Labute approximate surface area is 93.4 Å². The Morgan fingerprint density at radius 2 is 1.93 bits per heavy atom. The van der Waals surface area contributed by atoms with Gasteiger partial charge in [-0.3, -0.25) is 0 Å². The van der Waals surface area contributed by atoms with E-state index in [9.17, 15) is 0 Å². The Balaban J connectivity index is 1.81. The van der Waals surface area contributed by atoms with Gasteiger partial charge in [0.05, 0.1) is 0 Å². The van der Waals surface area contributed by atoms with Crippen LogP contribution in [0.5, 0.6) is 0 Å². The third kappa shape index (κ3) is 2.92. The molecule has 2 aliphatic heterocycles. The van der Waals surface area contributed by atoms with Crippen LogP contribution in [-0.2, 0) is 0 Å². The van der Waals surface area contributed by atoms with E-state index in [1.165, 1.54) is 51.7 Å². The van der Waals surface area contributed by atoms with E-state index < -0.39 is 0 Å². The smallest absolute Gasteiger partial charge is 0.0224 e. The van der Waals surface area contributed by atoms with Crippen LogP contribution in [0.3, 0.4) is 0 Å². The van der Waals surface area contributed by atoms with Crippen molar-refractivity contribution in [2.24, 2.45) is 11.7 Å². The molecule has 2 unspecified atom stereocenters.